The minimum absolute atomic E-state index is 0.106. The molecule has 0 aromatic heterocycles. The highest BCUT2D eigenvalue weighted by Crippen LogP contribution is 2.22. The van der Waals surface area contributed by atoms with Crippen molar-refractivity contribution in [3.63, 3.8) is 0 Å². The minimum Gasteiger partial charge on any atom is -0.376 e. The summed E-state index contributed by atoms with van der Waals surface area (Å²) in [4.78, 5) is 27.2. The van der Waals surface area contributed by atoms with E-state index in [1.54, 1.807) is 44.2 Å². The van der Waals surface area contributed by atoms with E-state index in [1.807, 2.05) is 0 Å². The van der Waals surface area contributed by atoms with E-state index in [-0.39, 0.29) is 18.0 Å². The molecule has 1 saturated heterocycles. The molecule has 0 radical (unpaired) electrons. The van der Waals surface area contributed by atoms with Gasteiger partial charge in [-0.15, -0.1) is 0 Å². The fraction of sp³-hybridized carbons (Fsp3) is 0.500. The summed E-state index contributed by atoms with van der Waals surface area (Å²) in [6.45, 7) is 1.31. The average molecular weight is 340 g/mol. The number of benzene rings is 1. The third-order valence-electron chi connectivity index (χ3n) is 3.71. The number of hydrogen-bond donors (Lipinski definition) is 1. The molecule has 1 aromatic rings. The van der Waals surface area contributed by atoms with Crippen molar-refractivity contribution in [2.75, 3.05) is 39.6 Å². The minimum atomic E-state index is -0.233. The summed E-state index contributed by atoms with van der Waals surface area (Å²) >= 11 is 6.14. The van der Waals surface area contributed by atoms with Crippen LogP contribution in [0.1, 0.15) is 23.2 Å². The highest BCUT2D eigenvalue weighted by Gasteiger charge is 2.20. The lowest BCUT2D eigenvalue weighted by Crippen LogP contribution is -2.37. The van der Waals surface area contributed by atoms with Crippen molar-refractivity contribution in [3.05, 3.63) is 28.8 Å². The molecule has 23 heavy (non-hydrogen) atoms. The molecule has 1 fully saturated rings. The Bertz CT molecular complexity index is 586. The lowest BCUT2D eigenvalue weighted by atomic mass is 10.2. The van der Waals surface area contributed by atoms with E-state index < -0.39 is 0 Å². The molecule has 0 bridgehead atoms. The van der Waals surface area contributed by atoms with Gasteiger partial charge < -0.3 is 19.9 Å². The fourth-order valence-corrected chi connectivity index (χ4v) is 2.66. The standard InChI is InChI=1S/C16H22ClN3O3/c1-19(2)15(21)13-7-6-11(9-14(13)17)18-16(22)20(3)10-12-5-4-8-23-12/h6-7,9,12H,4-5,8,10H2,1-3H3,(H,18,22)/t12-/m1/s1. The van der Waals surface area contributed by atoms with Crippen LogP contribution in [0.5, 0.6) is 0 Å². The molecule has 7 heteroatoms. The maximum Gasteiger partial charge on any atom is 0.321 e. The number of carbonyl (C=O) groups excluding carboxylic acids is 2. The van der Waals surface area contributed by atoms with Gasteiger partial charge in [-0.1, -0.05) is 11.6 Å². The molecule has 1 atom stereocenters. The van der Waals surface area contributed by atoms with Crippen LogP contribution in [0.2, 0.25) is 5.02 Å². The molecule has 1 aromatic carbocycles. The maximum atomic E-state index is 12.2. The second-order valence-corrected chi connectivity index (χ2v) is 6.25. The summed E-state index contributed by atoms with van der Waals surface area (Å²) in [7, 11) is 5.05. The van der Waals surface area contributed by atoms with Gasteiger partial charge in [-0.25, -0.2) is 4.79 Å². The zero-order chi connectivity index (χ0) is 17.0. The highest BCUT2D eigenvalue weighted by molar-refractivity contribution is 6.34. The Labute approximate surface area is 141 Å². The van der Waals surface area contributed by atoms with Crippen LogP contribution in [-0.2, 0) is 4.74 Å². The molecular weight excluding hydrogens is 318 g/mol. The van der Waals surface area contributed by atoms with E-state index in [9.17, 15) is 9.59 Å². The van der Waals surface area contributed by atoms with E-state index in [0.29, 0.717) is 22.8 Å². The van der Waals surface area contributed by atoms with Crippen LogP contribution in [0, 0.1) is 0 Å². The second kappa shape index (κ2) is 7.66. The maximum absolute atomic E-state index is 12.2. The SMILES string of the molecule is CN(C)C(=O)c1ccc(NC(=O)N(C)C[C@H]2CCCO2)cc1Cl. The van der Waals surface area contributed by atoms with E-state index in [2.05, 4.69) is 5.32 Å². The number of urea groups is 1. The molecule has 6 nitrogen and oxygen atoms in total. The van der Waals surface area contributed by atoms with Crippen LogP contribution in [0.25, 0.3) is 0 Å². The van der Waals surface area contributed by atoms with Gasteiger partial charge in [0.25, 0.3) is 5.91 Å². The van der Waals surface area contributed by atoms with Crippen molar-refractivity contribution in [1.82, 2.24) is 9.80 Å². The van der Waals surface area contributed by atoms with E-state index in [1.165, 1.54) is 4.90 Å². The molecule has 126 valence electrons. The average Bonchev–Trinajstić information content (AvgIpc) is 2.99. The van der Waals surface area contributed by atoms with E-state index in [0.717, 1.165) is 19.4 Å². The van der Waals surface area contributed by atoms with Crippen molar-refractivity contribution >= 4 is 29.2 Å². The number of amides is 3. The van der Waals surface area contributed by atoms with Gasteiger partial charge in [0.15, 0.2) is 0 Å². The number of hydrogen-bond acceptors (Lipinski definition) is 3. The molecule has 0 saturated carbocycles. The lowest BCUT2D eigenvalue weighted by Gasteiger charge is -2.21. The van der Waals surface area contributed by atoms with E-state index in [4.69, 9.17) is 16.3 Å². The van der Waals surface area contributed by atoms with Gasteiger partial charge in [0.2, 0.25) is 0 Å². The topological polar surface area (TPSA) is 61.9 Å². The molecule has 0 unspecified atom stereocenters. The summed E-state index contributed by atoms with van der Waals surface area (Å²) in [5, 5.41) is 3.08. The van der Waals surface area contributed by atoms with Crippen LogP contribution < -0.4 is 5.32 Å². The molecule has 1 aliphatic heterocycles. The predicted molar refractivity (Wildman–Crippen MR) is 90.1 cm³/mol. The van der Waals surface area contributed by atoms with E-state index >= 15 is 0 Å². The van der Waals surface area contributed by atoms with Crippen molar-refractivity contribution in [2.45, 2.75) is 18.9 Å². The molecule has 0 aliphatic carbocycles. The van der Waals surface area contributed by atoms with Crippen LogP contribution in [-0.4, -0.2) is 62.1 Å². The van der Waals surface area contributed by atoms with Gasteiger partial charge in [-0.3, -0.25) is 4.79 Å². The Hall–Kier alpha value is -1.79. The Morgan fingerprint density at radius 2 is 2.09 bits per heavy atom. The van der Waals surface area contributed by atoms with Crippen molar-refractivity contribution in [3.8, 4) is 0 Å². The lowest BCUT2D eigenvalue weighted by molar-refractivity contribution is 0.0827. The summed E-state index contributed by atoms with van der Waals surface area (Å²) in [6, 6.07) is 4.62. The van der Waals surface area contributed by atoms with Crippen LogP contribution >= 0.6 is 11.6 Å². The molecule has 3 amide bonds. The number of anilines is 1. The zero-order valence-electron chi connectivity index (χ0n) is 13.6. The molecule has 0 spiro atoms. The number of likely N-dealkylation sites (N-methyl/N-ethyl adjacent to an activating group) is 1. The smallest absolute Gasteiger partial charge is 0.321 e. The normalized spacial score (nSPS) is 17.0. The first-order valence-electron chi connectivity index (χ1n) is 7.53. The van der Waals surface area contributed by atoms with Crippen LogP contribution in [0.4, 0.5) is 10.5 Å². The second-order valence-electron chi connectivity index (χ2n) is 5.84. The first kappa shape index (κ1) is 17.6. The number of nitrogens with zero attached hydrogens (tertiary/aromatic N) is 2. The van der Waals surface area contributed by atoms with Gasteiger partial charge in [0, 0.05) is 40.0 Å². The van der Waals surface area contributed by atoms with Gasteiger partial charge in [-0.2, -0.15) is 0 Å². The largest absolute Gasteiger partial charge is 0.376 e. The molecular formula is C16H22ClN3O3. The summed E-state index contributed by atoms with van der Waals surface area (Å²) in [6.07, 6.45) is 2.12. The molecule has 1 aliphatic rings. The van der Waals surface area contributed by atoms with Crippen molar-refractivity contribution < 1.29 is 14.3 Å². The molecule has 1 heterocycles. The Kier molecular flexibility index (Phi) is 5.85. The first-order valence-corrected chi connectivity index (χ1v) is 7.91. The monoisotopic (exact) mass is 339 g/mol. The summed E-state index contributed by atoms with van der Waals surface area (Å²) < 4.78 is 5.52. The van der Waals surface area contributed by atoms with Gasteiger partial charge in [0.1, 0.15) is 0 Å². The zero-order valence-corrected chi connectivity index (χ0v) is 14.4. The van der Waals surface area contributed by atoms with Crippen molar-refractivity contribution in [1.29, 1.82) is 0 Å². The highest BCUT2D eigenvalue weighted by atomic mass is 35.5. The first-order chi connectivity index (χ1) is 10.9. The Morgan fingerprint density at radius 1 is 1.35 bits per heavy atom. The van der Waals surface area contributed by atoms with Crippen LogP contribution in [0.3, 0.4) is 0 Å². The quantitative estimate of drug-likeness (QED) is 0.917. The van der Waals surface area contributed by atoms with Gasteiger partial charge in [0.05, 0.1) is 16.7 Å². The summed E-state index contributed by atoms with van der Waals surface area (Å²) in [5.41, 5.74) is 0.955. The third kappa shape index (κ3) is 4.59. The third-order valence-corrected chi connectivity index (χ3v) is 4.02. The number of rotatable bonds is 4. The fourth-order valence-electron chi connectivity index (χ4n) is 2.40. The number of halogens is 1. The Morgan fingerprint density at radius 3 is 2.65 bits per heavy atom. The number of carbonyl (C=O) groups is 2. The van der Waals surface area contributed by atoms with Crippen LogP contribution in [0.15, 0.2) is 18.2 Å². The van der Waals surface area contributed by atoms with Gasteiger partial charge in [-0.05, 0) is 31.0 Å². The van der Waals surface area contributed by atoms with Crippen molar-refractivity contribution in [2.24, 2.45) is 0 Å². The number of nitrogens with one attached hydrogen (secondary N) is 1. The summed E-state index contributed by atoms with van der Waals surface area (Å²) in [5.74, 6) is -0.177. The number of ether oxygens (including phenoxy) is 1. The predicted octanol–water partition coefficient (Wildman–Crippen LogP) is 2.68. The van der Waals surface area contributed by atoms with Gasteiger partial charge >= 0.3 is 6.03 Å². The molecule has 1 N–H and O–H groups in total. The molecule has 2 rings (SSSR count). The Balaban J connectivity index is 1.98.